The van der Waals surface area contributed by atoms with Crippen molar-refractivity contribution < 1.29 is 13.9 Å². The Kier molecular flexibility index (Phi) is 3.44. The molecule has 0 saturated carbocycles. The van der Waals surface area contributed by atoms with Crippen molar-refractivity contribution in [3.8, 4) is 0 Å². The van der Waals surface area contributed by atoms with Crippen LogP contribution in [0.5, 0.6) is 0 Å². The van der Waals surface area contributed by atoms with E-state index in [-0.39, 0.29) is 11.8 Å². The highest BCUT2D eigenvalue weighted by Crippen LogP contribution is 2.21. The first-order valence-electron chi connectivity index (χ1n) is 6.60. The molecule has 0 aliphatic carbocycles. The number of nitrogens with zero attached hydrogens (tertiary/aromatic N) is 1. The minimum absolute atomic E-state index is 0.243. The molecule has 0 unspecified atom stereocenters. The van der Waals surface area contributed by atoms with E-state index in [9.17, 15) is 9.18 Å². The largest absolute Gasteiger partial charge is 0.465 e. The predicted octanol–water partition coefficient (Wildman–Crippen LogP) is 3.62. The highest BCUT2D eigenvalue weighted by Gasteiger charge is 2.12. The second-order valence-electron chi connectivity index (χ2n) is 4.77. The van der Waals surface area contributed by atoms with Crippen LogP contribution in [-0.4, -0.2) is 17.6 Å². The molecule has 0 amide bonds. The number of esters is 1. The van der Waals surface area contributed by atoms with Crippen LogP contribution in [0.4, 0.5) is 4.39 Å². The molecule has 0 aliphatic heterocycles. The Hall–Kier alpha value is -2.62. The third-order valence-corrected chi connectivity index (χ3v) is 3.52. The molecular weight excluding hydrogens is 269 g/mol. The van der Waals surface area contributed by atoms with E-state index in [0.29, 0.717) is 17.5 Å². The molecule has 1 aromatic heterocycles. The lowest BCUT2D eigenvalue weighted by atomic mass is 10.1. The molecule has 21 heavy (non-hydrogen) atoms. The zero-order valence-electron chi connectivity index (χ0n) is 11.5. The van der Waals surface area contributed by atoms with Gasteiger partial charge in [-0.1, -0.05) is 24.3 Å². The van der Waals surface area contributed by atoms with Crippen LogP contribution in [0.3, 0.4) is 0 Å². The molecule has 3 aromatic rings. The van der Waals surface area contributed by atoms with Crippen molar-refractivity contribution in [2.75, 3.05) is 7.11 Å². The van der Waals surface area contributed by atoms with E-state index < -0.39 is 0 Å². The van der Waals surface area contributed by atoms with Gasteiger partial charge in [-0.05, 0) is 29.8 Å². The molecule has 0 radical (unpaired) electrons. The van der Waals surface area contributed by atoms with Crippen molar-refractivity contribution in [3.63, 3.8) is 0 Å². The van der Waals surface area contributed by atoms with E-state index in [1.807, 2.05) is 29.0 Å². The first-order valence-corrected chi connectivity index (χ1v) is 6.60. The van der Waals surface area contributed by atoms with Crippen LogP contribution < -0.4 is 0 Å². The quantitative estimate of drug-likeness (QED) is 0.687. The highest BCUT2D eigenvalue weighted by molar-refractivity contribution is 5.91. The summed E-state index contributed by atoms with van der Waals surface area (Å²) in [5, 5.41) is 0.577. The van der Waals surface area contributed by atoms with Gasteiger partial charge in [0.05, 0.1) is 18.2 Å². The van der Waals surface area contributed by atoms with E-state index >= 15 is 0 Å². The zero-order valence-corrected chi connectivity index (χ0v) is 11.5. The average Bonchev–Trinajstić information content (AvgIpc) is 2.92. The SMILES string of the molecule is COC(=O)c1ccccc1Cn1ccc2c(F)cccc21. The molecule has 106 valence electrons. The van der Waals surface area contributed by atoms with E-state index in [2.05, 4.69) is 0 Å². The van der Waals surface area contributed by atoms with Crippen LogP contribution in [0.1, 0.15) is 15.9 Å². The molecule has 0 N–H and O–H groups in total. The van der Waals surface area contributed by atoms with E-state index in [4.69, 9.17) is 4.74 Å². The Morgan fingerprint density at radius 1 is 1.14 bits per heavy atom. The summed E-state index contributed by atoms with van der Waals surface area (Å²) in [6.45, 7) is 0.484. The number of rotatable bonds is 3. The topological polar surface area (TPSA) is 31.2 Å². The van der Waals surface area contributed by atoms with Crippen LogP contribution in [0.25, 0.3) is 10.9 Å². The Balaban J connectivity index is 2.04. The van der Waals surface area contributed by atoms with Gasteiger partial charge in [0, 0.05) is 18.1 Å². The number of aromatic nitrogens is 1. The van der Waals surface area contributed by atoms with Gasteiger partial charge >= 0.3 is 5.97 Å². The second kappa shape index (κ2) is 5.40. The molecule has 3 rings (SSSR count). The molecule has 0 aliphatic rings. The Morgan fingerprint density at radius 2 is 1.95 bits per heavy atom. The van der Waals surface area contributed by atoms with Gasteiger partial charge in [-0.3, -0.25) is 0 Å². The maximum absolute atomic E-state index is 13.7. The molecule has 0 fully saturated rings. The van der Waals surface area contributed by atoms with Gasteiger partial charge in [-0.15, -0.1) is 0 Å². The lowest BCUT2D eigenvalue weighted by molar-refractivity contribution is 0.0599. The summed E-state index contributed by atoms with van der Waals surface area (Å²) in [5.41, 5.74) is 2.17. The number of carbonyl (C=O) groups is 1. The van der Waals surface area contributed by atoms with Gasteiger partial charge in [0.1, 0.15) is 5.82 Å². The smallest absolute Gasteiger partial charge is 0.338 e. The number of benzene rings is 2. The van der Waals surface area contributed by atoms with Crippen LogP contribution in [0.15, 0.2) is 54.7 Å². The fourth-order valence-electron chi connectivity index (χ4n) is 2.47. The summed E-state index contributed by atoms with van der Waals surface area (Å²) in [4.78, 5) is 11.8. The van der Waals surface area contributed by atoms with Crippen molar-refractivity contribution >= 4 is 16.9 Å². The third kappa shape index (κ3) is 2.40. The lowest BCUT2D eigenvalue weighted by Gasteiger charge is -2.10. The van der Waals surface area contributed by atoms with Gasteiger partial charge in [-0.25, -0.2) is 9.18 Å². The molecule has 0 saturated heterocycles. The van der Waals surface area contributed by atoms with Gasteiger partial charge in [-0.2, -0.15) is 0 Å². The molecule has 2 aromatic carbocycles. The first kappa shape index (κ1) is 13.4. The summed E-state index contributed by atoms with van der Waals surface area (Å²) in [5.74, 6) is -0.610. The normalized spacial score (nSPS) is 10.8. The van der Waals surface area contributed by atoms with Crippen LogP contribution >= 0.6 is 0 Å². The summed E-state index contributed by atoms with van der Waals surface area (Å²) in [7, 11) is 1.36. The van der Waals surface area contributed by atoms with Crippen LogP contribution in [0.2, 0.25) is 0 Å². The van der Waals surface area contributed by atoms with Gasteiger partial charge in [0.25, 0.3) is 0 Å². The Morgan fingerprint density at radius 3 is 2.76 bits per heavy atom. The molecular formula is C17H14FNO2. The summed E-state index contributed by atoms with van der Waals surface area (Å²) < 4.78 is 20.4. The number of carbonyl (C=O) groups excluding carboxylic acids is 1. The molecule has 4 heteroatoms. The molecule has 0 atom stereocenters. The fourth-order valence-corrected chi connectivity index (χ4v) is 2.47. The fraction of sp³-hybridized carbons (Fsp3) is 0.118. The van der Waals surface area contributed by atoms with Crippen molar-refractivity contribution in [1.29, 1.82) is 0 Å². The molecule has 3 nitrogen and oxygen atoms in total. The van der Waals surface area contributed by atoms with Gasteiger partial charge < -0.3 is 9.30 Å². The lowest BCUT2D eigenvalue weighted by Crippen LogP contribution is -2.08. The number of fused-ring (bicyclic) bond motifs is 1. The van der Waals surface area contributed by atoms with E-state index in [1.165, 1.54) is 13.2 Å². The summed E-state index contributed by atoms with van der Waals surface area (Å²) in [6.07, 6.45) is 1.82. The van der Waals surface area contributed by atoms with Gasteiger partial charge in [0.15, 0.2) is 0 Å². The standard InChI is InChI=1S/C17H14FNO2/c1-21-17(20)13-6-3-2-5-12(13)11-19-10-9-14-15(18)7-4-8-16(14)19/h2-10H,11H2,1H3. The zero-order chi connectivity index (χ0) is 14.8. The third-order valence-electron chi connectivity index (χ3n) is 3.52. The number of halogens is 1. The maximum atomic E-state index is 13.7. The van der Waals surface area contributed by atoms with Crippen molar-refractivity contribution in [2.24, 2.45) is 0 Å². The highest BCUT2D eigenvalue weighted by atomic mass is 19.1. The Bertz CT molecular complexity index is 807. The molecule has 1 heterocycles. The number of methoxy groups -OCH3 is 1. The minimum Gasteiger partial charge on any atom is -0.465 e. The number of hydrogen-bond donors (Lipinski definition) is 0. The number of hydrogen-bond acceptors (Lipinski definition) is 2. The maximum Gasteiger partial charge on any atom is 0.338 e. The Labute approximate surface area is 121 Å². The summed E-state index contributed by atoms with van der Waals surface area (Å²) in [6, 6.07) is 14.0. The van der Waals surface area contributed by atoms with Crippen LogP contribution in [-0.2, 0) is 11.3 Å². The molecule has 0 bridgehead atoms. The van der Waals surface area contributed by atoms with E-state index in [1.54, 1.807) is 24.3 Å². The first-order chi connectivity index (χ1) is 10.2. The second-order valence-corrected chi connectivity index (χ2v) is 4.77. The predicted molar refractivity (Wildman–Crippen MR) is 78.8 cm³/mol. The molecule has 0 spiro atoms. The van der Waals surface area contributed by atoms with E-state index in [0.717, 1.165) is 11.1 Å². The minimum atomic E-state index is -0.367. The van der Waals surface area contributed by atoms with Gasteiger partial charge in [0.2, 0.25) is 0 Å². The monoisotopic (exact) mass is 283 g/mol. The van der Waals surface area contributed by atoms with Crippen molar-refractivity contribution in [1.82, 2.24) is 4.57 Å². The van der Waals surface area contributed by atoms with Crippen molar-refractivity contribution in [3.05, 3.63) is 71.7 Å². The average molecular weight is 283 g/mol. The van der Waals surface area contributed by atoms with Crippen molar-refractivity contribution in [2.45, 2.75) is 6.54 Å². The number of ether oxygens (including phenoxy) is 1. The van der Waals surface area contributed by atoms with Crippen LogP contribution in [0, 0.1) is 5.82 Å². The summed E-state index contributed by atoms with van der Waals surface area (Å²) >= 11 is 0.